The molecule has 0 radical (unpaired) electrons. The Hall–Kier alpha value is -1.79. The van der Waals surface area contributed by atoms with E-state index in [0.717, 1.165) is 43.3 Å². The molecule has 7 heteroatoms. The molecule has 24 heavy (non-hydrogen) atoms. The van der Waals surface area contributed by atoms with Crippen LogP contribution in [-0.4, -0.2) is 52.9 Å². The van der Waals surface area contributed by atoms with Crippen LogP contribution < -0.4 is 4.90 Å². The molecule has 2 aliphatic heterocycles. The Kier molecular flexibility index (Phi) is 4.69. The molecule has 0 unspecified atom stereocenters. The van der Waals surface area contributed by atoms with E-state index >= 15 is 0 Å². The van der Waals surface area contributed by atoms with Crippen LogP contribution in [0.2, 0.25) is 0 Å². The SMILES string of the molecule is Cc1cc(C)nc(N2CCC(C(=O)N3CCC(F)(F)CC3)CC2)n1. The molecule has 0 spiro atoms. The van der Waals surface area contributed by atoms with Crippen molar-refractivity contribution < 1.29 is 13.6 Å². The number of piperidine rings is 2. The van der Waals surface area contributed by atoms with E-state index < -0.39 is 5.92 Å². The Morgan fingerprint density at radius 3 is 2.17 bits per heavy atom. The minimum Gasteiger partial charge on any atom is -0.342 e. The minimum atomic E-state index is -2.61. The summed E-state index contributed by atoms with van der Waals surface area (Å²) in [4.78, 5) is 25.2. The van der Waals surface area contributed by atoms with Crippen molar-refractivity contribution in [3.63, 3.8) is 0 Å². The van der Waals surface area contributed by atoms with Gasteiger partial charge in [0.25, 0.3) is 5.92 Å². The van der Waals surface area contributed by atoms with E-state index in [1.165, 1.54) is 0 Å². The number of carbonyl (C=O) groups excluding carboxylic acids is 1. The van der Waals surface area contributed by atoms with Crippen molar-refractivity contribution in [2.45, 2.75) is 45.5 Å². The van der Waals surface area contributed by atoms with E-state index in [1.807, 2.05) is 19.9 Å². The number of hydrogen-bond donors (Lipinski definition) is 0. The third kappa shape index (κ3) is 3.82. The quantitative estimate of drug-likeness (QED) is 0.832. The smallest absolute Gasteiger partial charge is 0.251 e. The Morgan fingerprint density at radius 1 is 1.08 bits per heavy atom. The van der Waals surface area contributed by atoms with Crippen molar-refractivity contribution in [1.82, 2.24) is 14.9 Å². The van der Waals surface area contributed by atoms with E-state index in [1.54, 1.807) is 4.90 Å². The van der Waals surface area contributed by atoms with Crippen LogP contribution in [-0.2, 0) is 4.79 Å². The molecule has 1 amide bonds. The lowest BCUT2D eigenvalue weighted by Crippen LogP contribution is -2.47. The summed E-state index contributed by atoms with van der Waals surface area (Å²) in [6.07, 6.45) is 1.02. The fourth-order valence-corrected chi connectivity index (χ4v) is 3.49. The number of halogens is 2. The maximum absolute atomic E-state index is 13.2. The first-order valence-corrected chi connectivity index (χ1v) is 8.58. The number of hydrogen-bond acceptors (Lipinski definition) is 4. The number of amides is 1. The monoisotopic (exact) mass is 338 g/mol. The summed E-state index contributed by atoms with van der Waals surface area (Å²) in [6.45, 7) is 5.69. The van der Waals surface area contributed by atoms with Crippen LogP contribution in [0.1, 0.15) is 37.1 Å². The lowest BCUT2D eigenvalue weighted by molar-refractivity contribution is -0.142. The summed E-state index contributed by atoms with van der Waals surface area (Å²) in [5.74, 6) is -1.93. The zero-order chi connectivity index (χ0) is 17.3. The van der Waals surface area contributed by atoms with Crippen LogP contribution in [0.25, 0.3) is 0 Å². The number of alkyl halides is 2. The Morgan fingerprint density at radius 2 is 1.62 bits per heavy atom. The summed E-state index contributed by atoms with van der Waals surface area (Å²) in [5.41, 5.74) is 1.87. The molecule has 1 aromatic rings. The third-order valence-corrected chi connectivity index (χ3v) is 4.90. The molecule has 0 bridgehead atoms. The highest BCUT2D eigenvalue weighted by atomic mass is 19.3. The van der Waals surface area contributed by atoms with Crippen molar-refractivity contribution in [3.05, 3.63) is 17.5 Å². The molecule has 0 N–H and O–H groups in total. The van der Waals surface area contributed by atoms with Gasteiger partial charge in [0.1, 0.15) is 0 Å². The van der Waals surface area contributed by atoms with Crippen LogP contribution >= 0.6 is 0 Å². The molecular formula is C17H24F2N4O. The second-order valence-corrected chi connectivity index (χ2v) is 6.89. The molecule has 0 saturated carbocycles. The molecule has 2 fully saturated rings. The van der Waals surface area contributed by atoms with Crippen molar-refractivity contribution in [3.8, 4) is 0 Å². The highest BCUT2D eigenvalue weighted by Gasteiger charge is 2.38. The summed E-state index contributed by atoms with van der Waals surface area (Å²) in [7, 11) is 0. The van der Waals surface area contributed by atoms with Crippen LogP contribution in [0.3, 0.4) is 0 Å². The Labute approximate surface area is 141 Å². The van der Waals surface area contributed by atoms with Gasteiger partial charge in [0, 0.05) is 56.3 Å². The Bertz CT molecular complexity index is 584. The average molecular weight is 338 g/mol. The lowest BCUT2D eigenvalue weighted by Gasteiger charge is -2.37. The summed E-state index contributed by atoms with van der Waals surface area (Å²) in [5, 5.41) is 0. The van der Waals surface area contributed by atoms with Gasteiger partial charge in [-0.15, -0.1) is 0 Å². The van der Waals surface area contributed by atoms with Gasteiger partial charge in [0.2, 0.25) is 11.9 Å². The first kappa shape index (κ1) is 17.0. The average Bonchev–Trinajstić information content (AvgIpc) is 2.53. The summed E-state index contributed by atoms with van der Waals surface area (Å²) in [6, 6.07) is 1.94. The van der Waals surface area contributed by atoms with Crippen LogP contribution in [0.5, 0.6) is 0 Å². The van der Waals surface area contributed by atoms with E-state index in [-0.39, 0.29) is 37.8 Å². The molecule has 0 aromatic carbocycles. The molecular weight excluding hydrogens is 314 g/mol. The zero-order valence-corrected chi connectivity index (χ0v) is 14.3. The van der Waals surface area contributed by atoms with Crippen molar-refractivity contribution in [2.75, 3.05) is 31.1 Å². The topological polar surface area (TPSA) is 49.3 Å². The molecule has 0 aliphatic carbocycles. The number of anilines is 1. The molecule has 3 rings (SSSR count). The van der Waals surface area contributed by atoms with Gasteiger partial charge in [-0.3, -0.25) is 4.79 Å². The van der Waals surface area contributed by atoms with Crippen molar-refractivity contribution in [1.29, 1.82) is 0 Å². The predicted molar refractivity (Wildman–Crippen MR) is 87.2 cm³/mol. The normalized spacial score (nSPS) is 21.8. The lowest BCUT2D eigenvalue weighted by atomic mass is 9.94. The second kappa shape index (κ2) is 6.61. The maximum Gasteiger partial charge on any atom is 0.251 e. The maximum atomic E-state index is 13.2. The van der Waals surface area contributed by atoms with Gasteiger partial charge >= 0.3 is 0 Å². The first-order chi connectivity index (χ1) is 11.3. The van der Waals surface area contributed by atoms with E-state index in [2.05, 4.69) is 14.9 Å². The number of rotatable bonds is 2. The largest absolute Gasteiger partial charge is 0.342 e. The number of likely N-dealkylation sites (tertiary alicyclic amines) is 1. The van der Waals surface area contributed by atoms with Crippen LogP contribution in [0.4, 0.5) is 14.7 Å². The van der Waals surface area contributed by atoms with Gasteiger partial charge < -0.3 is 9.80 Å². The van der Waals surface area contributed by atoms with Crippen LogP contribution in [0, 0.1) is 19.8 Å². The van der Waals surface area contributed by atoms with E-state index in [9.17, 15) is 13.6 Å². The highest BCUT2D eigenvalue weighted by Crippen LogP contribution is 2.30. The molecule has 3 heterocycles. The van der Waals surface area contributed by atoms with Gasteiger partial charge in [0.15, 0.2) is 0 Å². The summed E-state index contributed by atoms with van der Waals surface area (Å²) >= 11 is 0. The van der Waals surface area contributed by atoms with E-state index in [0.29, 0.717) is 0 Å². The number of carbonyl (C=O) groups is 1. The number of aromatic nitrogens is 2. The number of nitrogens with zero attached hydrogens (tertiary/aromatic N) is 4. The Balaban J connectivity index is 1.56. The van der Waals surface area contributed by atoms with Crippen LogP contribution in [0.15, 0.2) is 6.07 Å². The molecule has 1 aromatic heterocycles. The fourth-order valence-electron chi connectivity index (χ4n) is 3.49. The standard InChI is InChI=1S/C17H24F2N4O/c1-12-11-13(2)21-16(20-12)23-7-3-14(4-8-23)15(24)22-9-5-17(18,19)6-10-22/h11,14H,3-10H2,1-2H3. The third-order valence-electron chi connectivity index (χ3n) is 4.90. The highest BCUT2D eigenvalue weighted by molar-refractivity contribution is 5.79. The fraction of sp³-hybridized carbons (Fsp3) is 0.706. The van der Waals surface area contributed by atoms with Gasteiger partial charge in [-0.2, -0.15) is 0 Å². The van der Waals surface area contributed by atoms with Gasteiger partial charge in [0.05, 0.1) is 0 Å². The predicted octanol–water partition coefficient (Wildman–Crippen LogP) is 2.57. The first-order valence-electron chi connectivity index (χ1n) is 8.58. The molecule has 0 atom stereocenters. The van der Waals surface area contributed by atoms with E-state index in [4.69, 9.17) is 0 Å². The minimum absolute atomic E-state index is 0.0338. The summed E-state index contributed by atoms with van der Waals surface area (Å²) < 4.78 is 26.5. The zero-order valence-electron chi connectivity index (χ0n) is 14.3. The molecule has 132 valence electrons. The molecule has 5 nitrogen and oxygen atoms in total. The molecule has 2 saturated heterocycles. The molecule has 2 aliphatic rings. The number of aryl methyl sites for hydroxylation is 2. The van der Waals surface area contributed by atoms with Gasteiger partial charge in [-0.1, -0.05) is 0 Å². The van der Waals surface area contributed by atoms with Crippen molar-refractivity contribution >= 4 is 11.9 Å². The van der Waals surface area contributed by atoms with Gasteiger partial charge in [-0.25, -0.2) is 18.7 Å². The van der Waals surface area contributed by atoms with Crippen molar-refractivity contribution in [2.24, 2.45) is 5.92 Å². The second-order valence-electron chi connectivity index (χ2n) is 6.89. The van der Waals surface area contributed by atoms with Gasteiger partial charge in [-0.05, 0) is 32.8 Å².